The Balaban J connectivity index is 4.51. The molecule has 0 radical (unpaired) electrons. The number of carbonyl (C=O) groups excluding carboxylic acids is 1. The number of unbranched alkanes of at least 4 members (excludes halogenated alkanes) is 23. The van der Waals surface area contributed by atoms with Gasteiger partial charge >= 0.3 is 14.5 Å². The molecule has 2 unspecified atom stereocenters. The number of ether oxygens (including phenoxy) is 2. The zero-order chi connectivity index (χ0) is 42.6. The second-order valence-corrected chi connectivity index (χ2v) is 22.2. The number of esters is 1. The van der Waals surface area contributed by atoms with Crippen molar-refractivity contribution < 1.29 is 28.2 Å². The maximum Gasteiger partial charge on any atom is 0.333 e. The molecule has 58 heavy (non-hydrogen) atoms. The van der Waals surface area contributed by atoms with Gasteiger partial charge < -0.3 is 28.3 Å². The van der Waals surface area contributed by atoms with E-state index < -0.39 is 8.56 Å². The van der Waals surface area contributed by atoms with E-state index in [9.17, 15) is 9.90 Å². The summed E-state index contributed by atoms with van der Waals surface area (Å²) in [6.07, 6.45) is 38.0. The Morgan fingerprint density at radius 2 is 0.983 bits per heavy atom. The fourth-order valence-corrected chi connectivity index (χ4v) is 10.2. The molecule has 0 aromatic rings. The molecular formula is C49H101NO6SSi. The number of nitrogens with zero attached hydrogens (tertiary/aromatic N) is 1. The van der Waals surface area contributed by atoms with Crippen LogP contribution in [0.2, 0.25) is 13.1 Å². The molecule has 0 aliphatic carbocycles. The van der Waals surface area contributed by atoms with E-state index in [1.165, 1.54) is 141 Å². The molecule has 0 aliphatic rings. The first-order chi connectivity index (χ1) is 28.3. The van der Waals surface area contributed by atoms with Gasteiger partial charge in [0.15, 0.2) is 0 Å². The van der Waals surface area contributed by atoms with Crippen LogP contribution in [0.1, 0.15) is 233 Å². The van der Waals surface area contributed by atoms with Gasteiger partial charge in [-0.25, -0.2) is 0 Å². The highest BCUT2D eigenvalue weighted by molar-refractivity contribution is 8.00. The molecule has 0 aliphatic heterocycles. The molecule has 0 saturated carbocycles. The molecule has 0 amide bonds. The summed E-state index contributed by atoms with van der Waals surface area (Å²) in [6, 6.07) is 0. The first-order valence-corrected chi connectivity index (χ1v) is 29.2. The van der Waals surface area contributed by atoms with Crippen LogP contribution in [0, 0.1) is 0 Å². The Morgan fingerprint density at radius 1 is 0.534 bits per heavy atom. The molecular weight excluding hydrogens is 759 g/mol. The fourth-order valence-electron chi connectivity index (χ4n) is 7.44. The van der Waals surface area contributed by atoms with E-state index in [4.69, 9.17) is 18.3 Å². The van der Waals surface area contributed by atoms with Gasteiger partial charge in [-0.1, -0.05) is 163 Å². The van der Waals surface area contributed by atoms with E-state index in [1.807, 2.05) is 11.8 Å². The lowest BCUT2D eigenvalue weighted by atomic mass is 10.1. The molecule has 0 rings (SSSR count). The molecule has 7 nitrogen and oxygen atoms in total. The molecule has 9 heteroatoms. The van der Waals surface area contributed by atoms with Crippen LogP contribution < -0.4 is 0 Å². The third kappa shape index (κ3) is 39.9. The summed E-state index contributed by atoms with van der Waals surface area (Å²) in [4.78, 5) is 15.6. The van der Waals surface area contributed by atoms with Crippen molar-refractivity contribution in [2.45, 2.75) is 258 Å². The standard InChI is InChI=1S/C49H101NO6SSi/c1-7-11-15-18-21-27-37-47(57-46-36-14-10-4)49(52)54-44-34-26-23-30-40-50(41-31-32-42-51)39-29-22-25-33-43-53-48(38-28-20-17-13-9-3)56-58(5,6)55-45-35-24-19-16-12-8-2/h47-48,51H,7-46H2,1-6H3. The Morgan fingerprint density at radius 3 is 1.55 bits per heavy atom. The van der Waals surface area contributed by atoms with Gasteiger partial charge in [-0.3, -0.25) is 4.79 Å². The number of thioether (sulfide) groups is 1. The van der Waals surface area contributed by atoms with Gasteiger partial charge in [-0.05, 0) is 109 Å². The van der Waals surface area contributed by atoms with Crippen molar-refractivity contribution in [3.8, 4) is 0 Å². The van der Waals surface area contributed by atoms with Crippen LogP contribution in [0.5, 0.6) is 0 Å². The summed E-state index contributed by atoms with van der Waals surface area (Å²) < 4.78 is 25.1. The lowest BCUT2D eigenvalue weighted by Crippen LogP contribution is -2.40. The molecule has 0 aromatic heterocycles. The van der Waals surface area contributed by atoms with Crippen molar-refractivity contribution >= 4 is 26.3 Å². The topological polar surface area (TPSA) is 77.5 Å². The van der Waals surface area contributed by atoms with Gasteiger partial charge in [0.1, 0.15) is 11.5 Å². The number of hydrogen-bond acceptors (Lipinski definition) is 8. The zero-order valence-corrected chi connectivity index (χ0v) is 41.6. The summed E-state index contributed by atoms with van der Waals surface area (Å²) in [5.74, 6) is 1.09. The van der Waals surface area contributed by atoms with E-state index in [0.29, 0.717) is 6.61 Å². The Labute approximate surface area is 367 Å². The lowest BCUT2D eigenvalue weighted by Gasteiger charge is -2.29. The van der Waals surface area contributed by atoms with Crippen LogP contribution in [-0.4, -0.2) is 87.9 Å². The van der Waals surface area contributed by atoms with Crippen molar-refractivity contribution in [1.29, 1.82) is 0 Å². The first kappa shape index (κ1) is 57.8. The summed E-state index contributed by atoms with van der Waals surface area (Å²) in [7, 11) is -2.24. The van der Waals surface area contributed by atoms with Crippen LogP contribution in [0.4, 0.5) is 0 Å². The molecule has 0 saturated heterocycles. The molecule has 2 atom stereocenters. The lowest BCUT2D eigenvalue weighted by molar-refractivity contribution is -0.143. The molecule has 0 spiro atoms. The molecule has 0 aromatic carbocycles. The number of hydrogen-bond donors (Lipinski definition) is 1. The Hall–Kier alpha value is -0.163. The fraction of sp³-hybridized carbons (Fsp3) is 0.980. The van der Waals surface area contributed by atoms with Gasteiger partial charge in [0.25, 0.3) is 0 Å². The number of aliphatic hydroxyl groups excluding tert-OH is 1. The number of carbonyl (C=O) groups is 1. The van der Waals surface area contributed by atoms with Gasteiger partial charge in [0, 0.05) is 19.8 Å². The van der Waals surface area contributed by atoms with Gasteiger partial charge in [-0.2, -0.15) is 0 Å². The van der Waals surface area contributed by atoms with E-state index in [2.05, 4.69) is 45.7 Å². The van der Waals surface area contributed by atoms with Crippen LogP contribution in [0.15, 0.2) is 0 Å². The predicted molar refractivity (Wildman–Crippen MR) is 255 cm³/mol. The van der Waals surface area contributed by atoms with Crippen LogP contribution in [0.25, 0.3) is 0 Å². The summed E-state index contributed by atoms with van der Waals surface area (Å²) in [5, 5.41) is 9.39. The SMILES string of the molecule is CCCCCCCCO[Si](C)(C)OC(CCCCCCC)OCCCCCCN(CCCCO)CCCCCCOC(=O)C(CCCCCCCC)SCCCCC. The van der Waals surface area contributed by atoms with Crippen molar-refractivity contribution in [2.75, 3.05) is 51.8 Å². The van der Waals surface area contributed by atoms with Crippen LogP contribution >= 0.6 is 11.8 Å². The third-order valence-electron chi connectivity index (χ3n) is 11.2. The average molecular weight is 861 g/mol. The second kappa shape index (κ2) is 44.9. The highest BCUT2D eigenvalue weighted by Gasteiger charge is 2.29. The van der Waals surface area contributed by atoms with Crippen LogP contribution in [0.3, 0.4) is 0 Å². The maximum absolute atomic E-state index is 13.0. The van der Waals surface area contributed by atoms with Crippen molar-refractivity contribution in [1.82, 2.24) is 4.90 Å². The minimum Gasteiger partial charge on any atom is -0.465 e. The third-order valence-corrected chi connectivity index (χ3v) is 14.3. The van der Waals surface area contributed by atoms with Gasteiger partial charge in [0.2, 0.25) is 0 Å². The summed E-state index contributed by atoms with van der Waals surface area (Å²) in [6.45, 7) is 19.1. The normalized spacial score (nSPS) is 13.1. The minimum absolute atomic E-state index is 0.0115. The smallest absolute Gasteiger partial charge is 0.333 e. The van der Waals surface area contributed by atoms with Gasteiger partial charge in [0.05, 0.1) is 6.61 Å². The summed E-state index contributed by atoms with van der Waals surface area (Å²) >= 11 is 1.83. The largest absolute Gasteiger partial charge is 0.465 e. The maximum atomic E-state index is 13.0. The van der Waals surface area contributed by atoms with E-state index >= 15 is 0 Å². The van der Waals surface area contributed by atoms with Crippen LogP contribution in [-0.2, 0) is 23.1 Å². The van der Waals surface area contributed by atoms with Crippen molar-refractivity contribution in [2.24, 2.45) is 0 Å². The molecule has 0 heterocycles. The minimum atomic E-state index is -2.24. The monoisotopic (exact) mass is 860 g/mol. The van der Waals surface area contributed by atoms with E-state index in [0.717, 1.165) is 103 Å². The first-order valence-electron chi connectivity index (χ1n) is 25.4. The number of aliphatic hydroxyl groups is 1. The average Bonchev–Trinajstić information content (AvgIpc) is 3.21. The Kier molecular flexibility index (Phi) is 44.8. The highest BCUT2D eigenvalue weighted by Crippen LogP contribution is 2.23. The predicted octanol–water partition coefficient (Wildman–Crippen LogP) is 14.6. The van der Waals surface area contributed by atoms with E-state index in [1.54, 1.807) is 0 Å². The number of rotatable bonds is 48. The highest BCUT2D eigenvalue weighted by atomic mass is 32.2. The molecule has 1 N–H and O–H groups in total. The van der Waals surface area contributed by atoms with Crippen molar-refractivity contribution in [3.05, 3.63) is 0 Å². The second-order valence-electron chi connectivity index (χ2n) is 17.5. The van der Waals surface area contributed by atoms with E-state index in [-0.39, 0.29) is 24.1 Å². The molecule has 348 valence electrons. The quantitative estimate of drug-likeness (QED) is 0.0281. The molecule has 0 fully saturated rings. The van der Waals surface area contributed by atoms with Crippen molar-refractivity contribution in [3.63, 3.8) is 0 Å². The summed E-state index contributed by atoms with van der Waals surface area (Å²) in [5.41, 5.74) is 0. The Bertz CT molecular complexity index is 839. The zero-order valence-electron chi connectivity index (χ0n) is 39.8. The van der Waals surface area contributed by atoms with Gasteiger partial charge in [-0.15, -0.1) is 11.8 Å². The molecule has 0 bridgehead atoms.